The highest BCUT2D eigenvalue weighted by Crippen LogP contribution is 2.26. The number of carbonyl (C=O) groups is 2. The number of imidazole rings is 1. The van der Waals surface area contributed by atoms with Crippen LogP contribution >= 0.6 is 0 Å². The molecule has 1 saturated heterocycles. The summed E-state index contributed by atoms with van der Waals surface area (Å²) < 4.78 is 7.33. The Bertz CT molecular complexity index is 744. The van der Waals surface area contributed by atoms with E-state index >= 15 is 0 Å². The molecule has 3 rings (SSSR count). The standard InChI is InChI=1S/C19H24N4O3/c20-17(24)12-23-10-8-21-19(23)16-7-4-9-22(11-16)18(25)14-26-13-15-5-2-1-3-6-15/h1-3,5-6,8,10,16H,4,7,9,11-14H2,(H2,20,24). The summed E-state index contributed by atoms with van der Waals surface area (Å²) in [4.78, 5) is 29.9. The second kappa shape index (κ2) is 8.62. The third-order valence-electron chi connectivity index (χ3n) is 4.55. The molecule has 0 spiro atoms. The van der Waals surface area contributed by atoms with Crippen LogP contribution in [0.25, 0.3) is 0 Å². The number of hydrogen-bond donors (Lipinski definition) is 1. The number of likely N-dealkylation sites (tertiary alicyclic amines) is 1. The van der Waals surface area contributed by atoms with Gasteiger partial charge in [-0.1, -0.05) is 30.3 Å². The van der Waals surface area contributed by atoms with Gasteiger partial charge in [-0.3, -0.25) is 9.59 Å². The average Bonchev–Trinajstić information content (AvgIpc) is 3.10. The summed E-state index contributed by atoms with van der Waals surface area (Å²) in [5, 5.41) is 0. The van der Waals surface area contributed by atoms with Gasteiger partial charge < -0.3 is 19.9 Å². The van der Waals surface area contributed by atoms with Gasteiger partial charge in [-0.05, 0) is 18.4 Å². The van der Waals surface area contributed by atoms with Crippen molar-refractivity contribution in [2.24, 2.45) is 5.73 Å². The van der Waals surface area contributed by atoms with E-state index in [9.17, 15) is 9.59 Å². The van der Waals surface area contributed by atoms with Gasteiger partial charge in [-0.25, -0.2) is 4.98 Å². The van der Waals surface area contributed by atoms with Gasteiger partial charge in [0.1, 0.15) is 19.0 Å². The van der Waals surface area contributed by atoms with E-state index in [1.165, 1.54) is 0 Å². The highest BCUT2D eigenvalue weighted by molar-refractivity contribution is 5.77. The van der Waals surface area contributed by atoms with Gasteiger partial charge in [0, 0.05) is 31.4 Å². The third kappa shape index (κ3) is 4.70. The van der Waals surface area contributed by atoms with Crippen molar-refractivity contribution in [3.05, 3.63) is 54.1 Å². The van der Waals surface area contributed by atoms with Crippen LogP contribution in [-0.4, -0.2) is 46.0 Å². The summed E-state index contributed by atoms with van der Waals surface area (Å²) in [6.45, 7) is 1.91. The molecule has 0 radical (unpaired) electrons. The molecule has 1 atom stereocenters. The number of rotatable bonds is 7. The van der Waals surface area contributed by atoms with Crippen LogP contribution in [0.4, 0.5) is 0 Å². The molecule has 1 unspecified atom stereocenters. The van der Waals surface area contributed by atoms with Crippen molar-refractivity contribution >= 4 is 11.8 Å². The van der Waals surface area contributed by atoms with E-state index < -0.39 is 5.91 Å². The number of ether oxygens (including phenoxy) is 1. The van der Waals surface area contributed by atoms with Gasteiger partial charge in [0.25, 0.3) is 0 Å². The molecule has 1 aromatic heterocycles. The molecule has 138 valence electrons. The molecule has 2 heterocycles. The van der Waals surface area contributed by atoms with Crippen LogP contribution in [0.3, 0.4) is 0 Å². The van der Waals surface area contributed by atoms with E-state index in [1.807, 2.05) is 35.2 Å². The lowest BCUT2D eigenvalue weighted by Gasteiger charge is -2.32. The molecule has 1 aliphatic rings. The Labute approximate surface area is 152 Å². The number of carbonyl (C=O) groups excluding carboxylic acids is 2. The molecule has 2 aromatic rings. The van der Waals surface area contributed by atoms with Crippen molar-refractivity contribution < 1.29 is 14.3 Å². The lowest BCUT2D eigenvalue weighted by atomic mass is 9.97. The minimum absolute atomic E-state index is 0.0151. The van der Waals surface area contributed by atoms with Crippen molar-refractivity contribution in [2.45, 2.75) is 31.9 Å². The first kappa shape index (κ1) is 18.1. The maximum atomic E-state index is 12.5. The molecule has 0 aliphatic carbocycles. The fraction of sp³-hybridized carbons (Fsp3) is 0.421. The lowest BCUT2D eigenvalue weighted by molar-refractivity contribution is -0.137. The summed E-state index contributed by atoms with van der Waals surface area (Å²) in [7, 11) is 0. The first-order valence-electron chi connectivity index (χ1n) is 8.82. The summed E-state index contributed by atoms with van der Waals surface area (Å²) in [5.74, 6) is 0.503. The minimum Gasteiger partial charge on any atom is -0.368 e. The largest absolute Gasteiger partial charge is 0.368 e. The van der Waals surface area contributed by atoms with Gasteiger partial charge in [-0.15, -0.1) is 0 Å². The van der Waals surface area contributed by atoms with Crippen LogP contribution in [0, 0.1) is 0 Å². The molecule has 2 N–H and O–H groups in total. The molecule has 1 fully saturated rings. The summed E-state index contributed by atoms with van der Waals surface area (Å²) in [5.41, 5.74) is 6.34. The van der Waals surface area contributed by atoms with E-state index in [4.69, 9.17) is 10.5 Å². The lowest BCUT2D eigenvalue weighted by Crippen LogP contribution is -2.41. The monoisotopic (exact) mass is 356 g/mol. The molecule has 1 aromatic carbocycles. The smallest absolute Gasteiger partial charge is 0.248 e. The molecule has 7 heteroatoms. The fourth-order valence-electron chi connectivity index (χ4n) is 3.32. The Morgan fingerprint density at radius 3 is 2.85 bits per heavy atom. The maximum absolute atomic E-state index is 12.5. The molecule has 0 saturated carbocycles. The van der Waals surface area contributed by atoms with E-state index in [0.717, 1.165) is 30.8 Å². The minimum atomic E-state index is -0.401. The Morgan fingerprint density at radius 1 is 1.27 bits per heavy atom. The average molecular weight is 356 g/mol. The third-order valence-corrected chi connectivity index (χ3v) is 4.55. The van der Waals surface area contributed by atoms with E-state index in [0.29, 0.717) is 13.2 Å². The predicted octanol–water partition coefficient (Wildman–Crippen LogP) is 1.29. The number of aromatic nitrogens is 2. The number of primary amides is 1. The number of nitrogens with two attached hydrogens (primary N) is 1. The number of hydrogen-bond acceptors (Lipinski definition) is 4. The van der Waals surface area contributed by atoms with E-state index in [1.54, 1.807) is 17.0 Å². The van der Waals surface area contributed by atoms with Crippen LogP contribution in [0.2, 0.25) is 0 Å². The van der Waals surface area contributed by atoms with Gasteiger partial charge >= 0.3 is 0 Å². The Hall–Kier alpha value is -2.67. The van der Waals surface area contributed by atoms with E-state index in [-0.39, 0.29) is 25.0 Å². The van der Waals surface area contributed by atoms with Gasteiger partial charge in [0.05, 0.1) is 6.61 Å². The molecule has 7 nitrogen and oxygen atoms in total. The fourth-order valence-corrected chi connectivity index (χ4v) is 3.32. The van der Waals surface area contributed by atoms with Crippen LogP contribution in [0.15, 0.2) is 42.7 Å². The van der Waals surface area contributed by atoms with Crippen molar-refractivity contribution in [3.63, 3.8) is 0 Å². The first-order valence-corrected chi connectivity index (χ1v) is 8.82. The predicted molar refractivity (Wildman–Crippen MR) is 96.1 cm³/mol. The Morgan fingerprint density at radius 2 is 2.08 bits per heavy atom. The molecular weight excluding hydrogens is 332 g/mol. The summed E-state index contributed by atoms with van der Waals surface area (Å²) in [6, 6.07) is 9.79. The van der Waals surface area contributed by atoms with E-state index in [2.05, 4.69) is 4.98 Å². The number of nitrogens with zero attached hydrogens (tertiary/aromatic N) is 3. The van der Waals surface area contributed by atoms with Crippen molar-refractivity contribution in [1.82, 2.24) is 14.5 Å². The first-order chi connectivity index (χ1) is 12.6. The van der Waals surface area contributed by atoms with Gasteiger partial charge in [0.2, 0.25) is 11.8 Å². The van der Waals surface area contributed by atoms with Crippen LogP contribution in [0.1, 0.15) is 30.1 Å². The van der Waals surface area contributed by atoms with Crippen LogP contribution in [-0.2, 0) is 27.5 Å². The van der Waals surface area contributed by atoms with Crippen LogP contribution < -0.4 is 5.73 Å². The summed E-state index contributed by atoms with van der Waals surface area (Å²) >= 11 is 0. The van der Waals surface area contributed by atoms with Gasteiger partial charge in [0.15, 0.2) is 0 Å². The number of benzene rings is 1. The van der Waals surface area contributed by atoms with Gasteiger partial charge in [-0.2, -0.15) is 0 Å². The topological polar surface area (TPSA) is 90.5 Å². The highest BCUT2D eigenvalue weighted by Gasteiger charge is 2.27. The molecule has 2 amide bonds. The molecule has 1 aliphatic heterocycles. The van der Waals surface area contributed by atoms with Crippen molar-refractivity contribution in [3.8, 4) is 0 Å². The Balaban J connectivity index is 1.54. The zero-order valence-corrected chi connectivity index (χ0v) is 14.7. The quantitative estimate of drug-likeness (QED) is 0.809. The molecule has 26 heavy (non-hydrogen) atoms. The van der Waals surface area contributed by atoms with Crippen molar-refractivity contribution in [2.75, 3.05) is 19.7 Å². The second-order valence-electron chi connectivity index (χ2n) is 6.54. The number of amides is 2. The second-order valence-corrected chi connectivity index (χ2v) is 6.54. The molecular formula is C19H24N4O3. The SMILES string of the molecule is NC(=O)Cn1ccnc1C1CCCN(C(=O)COCc2ccccc2)C1. The number of piperidine rings is 1. The Kier molecular flexibility index (Phi) is 6.01. The normalized spacial score (nSPS) is 17.2. The zero-order valence-electron chi connectivity index (χ0n) is 14.7. The highest BCUT2D eigenvalue weighted by atomic mass is 16.5. The van der Waals surface area contributed by atoms with Crippen molar-refractivity contribution in [1.29, 1.82) is 0 Å². The maximum Gasteiger partial charge on any atom is 0.248 e. The zero-order chi connectivity index (χ0) is 18.4. The molecule has 0 bridgehead atoms. The van der Waals surface area contributed by atoms with Crippen LogP contribution in [0.5, 0.6) is 0 Å². The summed E-state index contributed by atoms with van der Waals surface area (Å²) in [6.07, 6.45) is 5.26.